The van der Waals surface area contributed by atoms with Crippen molar-refractivity contribution in [2.75, 3.05) is 23.7 Å². The van der Waals surface area contributed by atoms with Crippen molar-refractivity contribution in [3.05, 3.63) is 17.2 Å². The molecule has 0 amide bonds. The average molecular weight is 289 g/mol. The van der Waals surface area contributed by atoms with Gasteiger partial charge in [0, 0.05) is 18.8 Å². The second-order valence-electron chi connectivity index (χ2n) is 5.61. The van der Waals surface area contributed by atoms with E-state index in [0.29, 0.717) is 0 Å². The summed E-state index contributed by atoms with van der Waals surface area (Å²) < 4.78 is 1.37. The van der Waals surface area contributed by atoms with E-state index in [1.807, 2.05) is 11.3 Å². The molecule has 0 aliphatic heterocycles. The summed E-state index contributed by atoms with van der Waals surface area (Å²) in [6.45, 7) is 6.63. The maximum atomic E-state index is 6.19. The minimum absolute atomic E-state index is 0.944. The van der Waals surface area contributed by atoms with Crippen molar-refractivity contribution in [1.29, 1.82) is 0 Å². The van der Waals surface area contributed by atoms with E-state index in [9.17, 15) is 0 Å². The number of hydrogen-bond acceptors (Lipinski definition) is 4. The number of hydrogen-bond donors (Lipinski definition) is 1. The van der Waals surface area contributed by atoms with Gasteiger partial charge in [-0.1, -0.05) is 25.2 Å². The van der Waals surface area contributed by atoms with Crippen LogP contribution in [0.15, 0.2) is 6.07 Å². The topological polar surface area (TPSA) is 42.2 Å². The summed E-state index contributed by atoms with van der Waals surface area (Å²) in [4.78, 5) is 7.27. The standard InChI is InChI=1S/C16H23N3S/c1-3-8-19(9-4-2)16-18-14-10-13(17)11-6-5-7-12(11)15(14)20-16/h10H,3-9,17H2,1-2H3. The maximum Gasteiger partial charge on any atom is 0.186 e. The number of thiazole rings is 1. The van der Waals surface area contributed by atoms with Crippen LogP contribution in [0.25, 0.3) is 10.2 Å². The number of nitrogen functional groups attached to an aromatic ring is 1. The van der Waals surface area contributed by atoms with Crippen LogP contribution in [0.5, 0.6) is 0 Å². The predicted octanol–water partition coefficient (Wildman–Crippen LogP) is 3.99. The summed E-state index contributed by atoms with van der Waals surface area (Å²) in [5, 5.41) is 1.17. The highest BCUT2D eigenvalue weighted by Gasteiger charge is 2.21. The number of anilines is 2. The smallest absolute Gasteiger partial charge is 0.186 e. The van der Waals surface area contributed by atoms with Crippen LogP contribution >= 0.6 is 11.3 Å². The van der Waals surface area contributed by atoms with Gasteiger partial charge in [-0.05, 0) is 49.3 Å². The number of nitrogens with zero attached hydrogens (tertiary/aromatic N) is 2. The number of nitrogens with two attached hydrogens (primary N) is 1. The minimum atomic E-state index is 0.944. The van der Waals surface area contributed by atoms with Crippen LogP contribution in [-0.2, 0) is 12.8 Å². The van der Waals surface area contributed by atoms with E-state index in [4.69, 9.17) is 10.7 Å². The van der Waals surface area contributed by atoms with Crippen molar-refractivity contribution in [1.82, 2.24) is 4.98 Å². The average Bonchev–Trinajstić information content (AvgIpc) is 3.04. The number of aromatic nitrogens is 1. The van der Waals surface area contributed by atoms with E-state index in [0.717, 1.165) is 43.6 Å². The first-order valence-corrected chi connectivity index (χ1v) is 8.52. The van der Waals surface area contributed by atoms with Gasteiger partial charge in [0.05, 0.1) is 10.2 Å². The fraction of sp³-hybridized carbons (Fsp3) is 0.562. The Bertz CT molecular complexity index is 612. The molecule has 3 nitrogen and oxygen atoms in total. The lowest BCUT2D eigenvalue weighted by Gasteiger charge is -2.19. The van der Waals surface area contributed by atoms with Gasteiger partial charge in [-0.25, -0.2) is 4.98 Å². The first kappa shape index (κ1) is 13.7. The maximum absolute atomic E-state index is 6.19. The molecule has 0 saturated carbocycles. The highest BCUT2D eigenvalue weighted by molar-refractivity contribution is 7.22. The second-order valence-corrected chi connectivity index (χ2v) is 6.59. The lowest BCUT2D eigenvalue weighted by atomic mass is 10.1. The largest absolute Gasteiger partial charge is 0.398 e. The van der Waals surface area contributed by atoms with E-state index in [1.165, 1.54) is 33.8 Å². The number of rotatable bonds is 5. The van der Waals surface area contributed by atoms with Crippen molar-refractivity contribution >= 4 is 32.4 Å². The summed E-state index contributed by atoms with van der Waals surface area (Å²) in [5.74, 6) is 0. The fourth-order valence-corrected chi connectivity index (χ4v) is 4.36. The third-order valence-electron chi connectivity index (χ3n) is 4.03. The van der Waals surface area contributed by atoms with E-state index in [-0.39, 0.29) is 0 Å². The van der Waals surface area contributed by atoms with Gasteiger partial charge >= 0.3 is 0 Å². The van der Waals surface area contributed by atoms with E-state index in [1.54, 1.807) is 0 Å². The van der Waals surface area contributed by atoms with E-state index < -0.39 is 0 Å². The minimum Gasteiger partial charge on any atom is -0.398 e. The molecule has 0 atom stereocenters. The summed E-state index contributed by atoms with van der Waals surface area (Å²) in [6, 6.07) is 2.08. The first-order valence-electron chi connectivity index (χ1n) is 7.70. The van der Waals surface area contributed by atoms with Crippen LogP contribution in [0.3, 0.4) is 0 Å². The SMILES string of the molecule is CCCN(CCC)c1nc2cc(N)c3c(c2s1)CCC3. The normalized spacial score (nSPS) is 13.9. The summed E-state index contributed by atoms with van der Waals surface area (Å²) in [6.07, 6.45) is 5.86. The second kappa shape index (κ2) is 5.60. The highest BCUT2D eigenvalue weighted by atomic mass is 32.1. The number of fused-ring (bicyclic) bond motifs is 3. The quantitative estimate of drug-likeness (QED) is 0.846. The summed E-state index contributed by atoms with van der Waals surface area (Å²) in [7, 11) is 0. The molecule has 1 aromatic heterocycles. The molecule has 1 aliphatic rings. The fourth-order valence-electron chi connectivity index (χ4n) is 3.16. The Labute approximate surface area is 124 Å². The molecule has 0 radical (unpaired) electrons. The van der Waals surface area contributed by atoms with Gasteiger partial charge < -0.3 is 10.6 Å². The first-order chi connectivity index (χ1) is 9.74. The Hall–Kier alpha value is -1.29. The molecular formula is C16H23N3S. The summed E-state index contributed by atoms with van der Waals surface area (Å²) in [5.41, 5.74) is 11.1. The van der Waals surface area contributed by atoms with Gasteiger partial charge in [-0.15, -0.1) is 0 Å². The lowest BCUT2D eigenvalue weighted by Crippen LogP contribution is -2.24. The zero-order valence-corrected chi connectivity index (χ0v) is 13.2. The van der Waals surface area contributed by atoms with Gasteiger partial charge in [0.15, 0.2) is 5.13 Å². The van der Waals surface area contributed by atoms with Crippen LogP contribution < -0.4 is 10.6 Å². The van der Waals surface area contributed by atoms with E-state index in [2.05, 4.69) is 24.8 Å². The highest BCUT2D eigenvalue weighted by Crippen LogP contribution is 2.39. The number of benzene rings is 1. The van der Waals surface area contributed by atoms with Crippen molar-refractivity contribution in [2.45, 2.75) is 46.0 Å². The van der Waals surface area contributed by atoms with Gasteiger partial charge in [0.1, 0.15) is 0 Å². The molecule has 0 saturated heterocycles. The third kappa shape index (κ3) is 2.26. The zero-order chi connectivity index (χ0) is 14.1. The van der Waals surface area contributed by atoms with Crippen molar-refractivity contribution in [3.8, 4) is 0 Å². The van der Waals surface area contributed by atoms with Crippen molar-refractivity contribution in [3.63, 3.8) is 0 Å². The molecule has 1 aromatic carbocycles. The Morgan fingerprint density at radius 1 is 1.20 bits per heavy atom. The molecule has 4 heteroatoms. The molecule has 0 fully saturated rings. The molecule has 2 N–H and O–H groups in total. The Kier molecular flexibility index (Phi) is 3.83. The van der Waals surface area contributed by atoms with Gasteiger partial charge in [0.25, 0.3) is 0 Å². The third-order valence-corrected chi connectivity index (χ3v) is 5.22. The van der Waals surface area contributed by atoms with Gasteiger partial charge in [0.2, 0.25) is 0 Å². The molecular weight excluding hydrogens is 266 g/mol. The van der Waals surface area contributed by atoms with Crippen LogP contribution in [0.2, 0.25) is 0 Å². The van der Waals surface area contributed by atoms with Gasteiger partial charge in [-0.2, -0.15) is 0 Å². The Morgan fingerprint density at radius 2 is 1.90 bits per heavy atom. The molecule has 2 aromatic rings. The molecule has 3 rings (SSSR count). The predicted molar refractivity (Wildman–Crippen MR) is 88.9 cm³/mol. The molecule has 108 valence electrons. The van der Waals surface area contributed by atoms with Crippen LogP contribution in [0.4, 0.5) is 10.8 Å². The van der Waals surface area contributed by atoms with Crippen LogP contribution in [0, 0.1) is 0 Å². The summed E-state index contributed by atoms with van der Waals surface area (Å²) >= 11 is 1.86. The molecule has 0 bridgehead atoms. The van der Waals surface area contributed by atoms with Crippen LogP contribution in [0.1, 0.15) is 44.2 Å². The Balaban J connectivity index is 2.06. The zero-order valence-electron chi connectivity index (χ0n) is 12.4. The molecule has 20 heavy (non-hydrogen) atoms. The number of aryl methyl sites for hydroxylation is 1. The lowest BCUT2D eigenvalue weighted by molar-refractivity contribution is 0.743. The van der Waals surface area contributed by atoms with Crippen molar-refractivity contribution in [2.24, 2.45) is 0 Å². The van der Waals surface area contributed by atoms with Gasteiger partial charge in [-0.3, -0.25) is 0 Å². The van der Waals surface area contributed by atoms with Crippen molar-refractivity contribution < 1.29 is 0 Å². The molecule has 0 unspecified atom stereocenters. The van der Waals surface area contributed by atoms with E-state index >= 15 is 0 Å². The molecule has 0 spiro atoms. The van der Waals surface area contributed by atoms with Crippen LogP contribution in [-0.4, -0.2) is 18.1 Å². The molecule has 1 heterocycles. The Morgan fingerprint density at radius 3 is 2.60 bits per heavy atom. The monoisotopic (exact) mass is 289 g/mol. The molecule has 1 aliphatic carbocycles.